The summed E-state index contributed by atoms with van der Waals surface area (Å²) in [4.78, 5) is 33.8. The first kappa shape index (κ1) is 15.9. The van der Waals surface area contributed by atoms with Crippen molar-refractivity contribution in [1.29, 1.82) is 0 Å². The van der Waals surface area contributed by atoms with Crippen molar-refractivity contribution in [1.82, 2.24) is 0 Å². The van der Waals surface area contributed by atoms with Gasteiger partial charge in [-0.25, -0.2) is 0 Å². The number of ketones is 2. The van der Waals surface area contributed by atoms with Crippen molar-refractivity contribution in [3.63, 3.8) is 0 Å². The summed E-state index contributed by atoms with van der Waals surface area (Å²) in [5, 5.41) is 10.8. The fourth-order valence-electron chi connectivity index (χ4n) is 1.68. The normalized spacial score (nSPS) is 10.6. The third kappa shape index (κ3) is 3.69. The summed E-state index contributed by atoms with van der Waals surface area (Å²) < 4.78 is 9.49. The average Bonchev–Trinajstić information content (AvgIpc) is 2.40. The van der Waals surface area contributed by atoms with Gasteiger partial charge in [0.2, 0.25) is 6.29 Å². The molecule has 7 heteroatoms. The smallest absolute Gasteiger partial charge is 0.273 e. The number of aryl methyl sites for hydroxylation is 1. The molecule has 0 saturated heterocycles. The largest absolute Gasteiger partial charge is 0.349 e. The van der Waals surface area contributed by atoms with Gasteiger partial charge in [0.1, 0.15) is 0 Å². The zero-order valence-corrected chi connectivity index (χ0v) is 11.4. The Bertz CT molecular complexity index is 536. The Balaban J connectivity index is 2.91. The first-order valence-electron chi connectivity index (χ1n) is 5.77. The molecule has 0 aromatic heterocycles. The van der Waals surface area contributed by atoms with Gasteiger partial charge in [0.05, 0.1) is 11.3 Å². The van der Waals surface area contributed by atoms with Crippen molar-refractivity contribution in [2.24, 2.45) is 0 Å². The summed E-state index contributed by atoms with van der Waals surface area (Å²) in [6.07, 6.45) is -1.55. The van der Waals surface area contributed by atoms with Crippen LogP contribution in [0.2, 0.25) is 0 Å². The van der Waals surface area contributed by atoms with Crippen LogP contribution in [-0.4, -0.2) is 37.0 Å². The van der Waals surface area contributed by atoms with Crippen LogP contribution in [0.3, 0.4) is 0 Å². The lowest BCUT2D eigenvalue weighted by Gasteiger charge is -2.11. The van der Waals surface area contributed by atoms with Crippen LogP contribution in [0.15, 0.2) is 18.2 Å². The minimum atomic E-state index is -1.11. The summed E-state index contributed by atoms with van der Waals surface area (Å²) in [6, 6.07) is 4.09. The van der Waals surface area contributed by atoms with Gasteiger partial charge < -0.3 is 9.47 Å². The van der Waals surface area contributed by atoms with Gasteiger partial charge in [0.25, 0.3) is 5.69 Å². The number of ether oxygens (including phenoxy) is 2. The predicted octanol–water partition coefficient (Wildman–Crippen LogP) is 1.66. The van der Waals surface area contributed by atoms with Crippen molar-refractivity contribution in [3.8, 4) is 0 Å². The molecule has 1 aromatic rings. The highest BCUT2D eigenvalue weighted by atomic mass is 16.7. The SMILES string of the molecule is COC(OC)C(=O)CC(=O)c1ccc(C)c([N+](=O)[O-])c1. The van der Waals surface area contributed by atoms with E-state index in [1.54, 1.807) is 6.92 Å². The molecular formula is C13H15NO6. The number of hydrogen-bond acceptors (Lipinski definition) is 6. The second kappa shape index (κ2) is 6.88. The van der Waals surface area contributed by atoms with Crippen molar-refractivity contribution < 1.29 is 24.0 Å². The lowest BCUT2D eigenvalue weighted by Crippen LogP contribution is -2.27. The highest BCUT2D eigenvalue weighted by molar-refractivity contribution is 6.09. The second-order valence-electron chi connectivity index (χ2n) is 4.13. The van der Waals surface area contributed by atoms with E-state index in [0.29, 0.717) is 5.56 Å². The van der Waals surface area contributed by atoms with Crippen LogP contribution in [0.1, 0.15) is 22.3 Å². The quantitative estimate of drug-likeness (QED) is 0.248. The topological polar surface area (TPSA) is 95.7 Å². The zero-order valence-electron chi connectivity index (χ0n) is 11.4. The van der Waals surface area contributed by atoms with Gasteiger partial charge in [0.15, 0.2) is 11.6 Å². The molecule has 0 N–H and O–H groups in total. The maximum atomic E-state index is 11.9. The Morgan fingerprint density at radius 3 is 2.40 bits per heavy atom. The molecule has 0 heterocycles. The minimum Gasteiger partial charge on any atom is -0.349 e. The molecule has 0 radical (unpaired) electrons. The number of carbonyl (C=O) groups excluding carboxylic acids is 2. The number of Topliss-reactive ketones (excluding diaryl/α,β-unsaturated/α-hetero) is 2. The Morgan fingerprint density at radius 2 is 1.90 bits per heavy atom. The van der Waals surface area contributed by atoms with E-state index in [4.69, 9.17) is 9.47 Å². The molecule has 0 saturated carbocycles. The Kier molecular flexibility index (Phi) is 5.48. The molecule has 0 aliphatic carbocycles. The molecule has 0 fully saturated rings. The molecule has 108 valence electrons. The van der Waals surface area contributed by atoms with Crippen molar-refractivity contribution >= 4 is 17.3 Å². The number of nitro groups is 1. The Labute approximate surface area is 115 Å². The molecule has 1 rings (SSSR count). The summed E-state index contributed by atoms with van der Waals surface area (Å²) in [5.74, 6) is -1.06. The van der Waals surface area contributed by atoms with Crippen LogP contribution >= 0.6 is 0 Å². The molecule has 0 bridgehead atoms. The summed E-state index contributed by atoms with van der Waals surface area (Å²) in [6.45, 7) is 1.57. The van der Waals surface area contributed by atoms with Crippen LogP contribution in [-0.2, 0) is 14.3 Å². The lowest BCUT2D eigenvalue weighted by molar-refractivity contribution is -0.385. The van der Waals surface area contributed by atoms with E-state index in [9.17, 15) is 19.7 Å². The first-order chi connectivity index (χ1) is 9.40. The van der Waals surface area contributed by atoms with Gasteiger partial charge in [-0.05, 0) is 6.92 Å². The third-order valence-electron chi connectivity index (χ3n) is 2.75. The van der Waals surface area contributed by atoms with Gasteiger partial charge >= 0.3 is 0 Å². The lowest BCUT2D eigenvalue weighted by atomic mass is 10.0. The van der Waals surface area contributed by atoms with Gasteiger partial charge in [0, 0.05) is 31.4 Å². The van der Waals surface area contributed by atoms with Gasteiger partial charge in [-0.1, -0.05) is 12.1 Å². The second-order valence-corrected chi connectivity index (χ2v) is 4.13. The molecular weight excluding hydrogens is 266 g/mol. The number of methoxy groups -OCH3 is 2. The molecule has 1 aromatic carbocycles. The number of carbonyl (C=O) groups is 2. The maximum Gasteiger partial charge on any atom is 0.273 e. The number of benzene rings is 1. The highest BCUT2D eigenvalue weighted by Crippen LogP contribution is 2.20. The molecule has 0 unspecified atom stereocenters. The van der Waals surface area contributed by atoms with Crippen molar-refractivity contribution in [2.45, 2.75) is 19.6 Å². The number of hydrogen-bond donors (Lipinski definition) is 0. The summed E-state index contributed by atoms with van der Waals surface area (Å²) in [7, 11) is 2.57. The Morgan fingerprint density at radius 1 is 1.30 bits per heavy atom. The standard InChI is InChI=1S/C13H15NO6/c1-8-4-5-9(6-10(8)14(17)18)11(15)7-12(16)13(19-2)20-3/h4-6,13H,7H2,1-3H3. The van der Waals surface area contributed by atoms with Crippen LogP contribution < -0.4 is 0 Å². The zero-order chi connectivity index (χ0) is 15.3. The number of nitrogens with zero attached hydrogens (tertiary/aromatic N) is 1. The van der Waals surface area contributed by atoms with Crippen LogP contribution in [0.4, 0.5) is 5.69 Å². The van der Waals surface area contributed by atoms with E-state index in [1.165, 1.54) is 32.4 Å². The van der Waals surface area contributed by atoms with Gasteiger partial charge in [-0.2, -0.15) is 0 Å². The van der Waals surface area contributed by atoms with E-state index in [-0.39, 0.29) is 11.3 Å². The monoisotopic (exact) mass is 281 g/mol. The van der Waals surface area contributed by atoms with Crippen molar-refractivity contribution in [3.05, 3.63) is 39.4 Å². The number of nitro benzene ring substituents is 1. The van der Waals surface area contributed by atoms with E-state index in [0.717, 1.165) is 0 Å². The van der Waals surface area contributed by atoms with E-state index in [1.807, 2.05) is 0 Å². The van der Waals surface area contributed by atoms with Gasteiger partial charge in [-0.15, -0.1) is 0 Å². The average molecular weight is 281 g/mol. The highest BCUT2D eigenvalue weighted by Gasteiger charge is 2.22. The van der Waals surface area contributed by atoms with Crippen LogP contribution in [0.25, 0.3) is 0 Å². The Hall–Kier alpha value is -2.12. The van der Waals surface area contributed by atoms with E-state index in [2.05, 4.69) is 0 Å². The van der Waals surface area contributed by atoms with E-state index >= 15 is 0 Å². The molecule has 0 aliphatic heterocycles. The molecule has 20 heavy (non-hydrogen) atoms. The predicted molar refractivity (Wildman–Crippen MR) is 69.6 cm³/mol. The minimum absolute atomic E-state index is 0.113. The van der Waals surface area contributed by atoms with Crippen molar-refractivity contribution in [2.75, 3.05) is 14.2 Å². The summed E-state index contributed by atoms with van der Waals surface area (Å²) in [5.41, 5.74) is 0.407. The van der Waals surface area contributed by atoms with Crippen LogP contribution in [0.5, 0.6) is 0 Å². The first-order valence-corrected chi connectivity index (χ1v) is 5.77. The molecule has 0 spiro atoms. The molecule has 0 amide bonds. The molecule has 7 nitrogen and oxygen atoms in total. The van der Waals surface area contributed by atoms with Gasteiger partial charge in [-0.3, -0.25) is 19.7 Å². The molecule has 0 aliphatic rings. The van der Waals surface area contributed by atoms with Crippen LogP contribution in [0, 0.1) is 17.0 Å². The third-order valence-corrected chi connectivity index (χ3v) is 2.75. The fourth-order valence-corrected chi connectivity index (χ4v) is 1.68. The molecule has 0 atom stereocenters. The maximum absolute atomic E-state index is 11.9. The number of rotatable bonds is 7. The summed E-state index contributed by atoms with van der Waals surface area (Å²) >= 11 is 0. The fraction of sp³-hybridized carbons (Fsp3) is 0.385. The van der Waals surface area contributed by atoms with E-state index < -0.39 is 29.2 Å².